The first-order valence-corrected chi connectivity index (χ1v) is 8.66. The minimum Gasteiger partial charge on any atom is -0.481 e. The van der Waals surface area contributed by atoms with Crippen LogP contribution in [-0.4, -0.2) is 39.6 Å². The molecule has 0 spiro atoms. The van der Waals surface area contributed by atoms with E-state index in [4.69, 9.17) is 5.11 Å². The number of amides is 5. The van der Waals surface area contributed by atoms with Crippen molar-refractivity contribution in [1.82, 2.24) is 15.8 Å². The molecule has 0 aliphatic carbocycles. The summed E-state index contributed by atoms with van der Waals surface area (Å²) in [6.45, 7) is 3.40. The Morgan fingerprint density at radius 3 is 2.42 bits per heavy atom. The van der Waals surface area contributed by atoms with Gasteiger partial charge >= 0.3 is 18.0 Å². The number of hydrogen-bond donors (Lipinski definition) is 4. The number of imide groups is 1. The molecular formula is C16H19BrN4O5. The lowest BCUT2D eigenvalue weighted by molar-refractivity contribution is -0.139. The largest absolute Gasteiger partial charge is 0.481 e. The molecule has 1 aliphatic rings. The molecule has 10 heteroatoms. The Labute approximate surface area is 158 Å². The third kappa shape index (κ3) is 4.13. The van der Waals surface area contributed by atoms with E-state index >= 15 is 0 Å². The third-order valence-electron chi connectivity index (χ3n) is 4.15. The van der Waals surface area contributed by atoms with Gasteiger partial charge in [0.1, 0.15) is 5.54 Å². The number of anilines is 1. The maximum absolute atomic E-state index is 12.7. The quantitative estimate of drug-likeness (QED) is 0.518. The Hall–Kier alpha value is -2.62. The molecule has 9 nitrogen and oxygen atoms in total. The number of carbonyl (C=O) groups excluding carboxylic acids is 3. The van der Waals surface area contributed by atoms with Gasteiger partial charge < -0.3 is 15.7 Å². The molecule has 1 aliphatic heterocycles. The maximum Gasteiger partial charge on any atom is 0.344 e. The highest BCUT2D eigenvalue weighted by Gasteiger charge is 2.53. The molecule has 1 unspecified atom stereocenters. The number of nitrogens with one attached hydrogen (secondary N) is 3. The van der Waals surface area contributed by atoms with Crippen LogP contribution < -0.4 is 16.1 Å². The van der Waals surface area contributed by atoms with Gasteiger partial charge in [-0.05, 0) is 36.6 Å². The minimum atomic E-state index is -1.37. The predicted molar refractivity (Wildman–Crippen MR) is 96.1 cm³/mol. The first kappa shape index (κ1) is 19.7. The summed E-state index contributed by atoms with van der Waals surface area (Å²) in [7, 11) is 0. The highest BCUT2D eigenvalue weighted by Crippen LogP contribution is 2.30. The SMILES string of the molecule is CC(C)C1(CCC(=O)O)NC(=O)N(NC(=O)Nc2ccc(Br)cc2)C1=O. The van der Waals surface area contributed by atoms with E-state index in [0.717, 1.165) is 4.47 Å². The number of urea groups is 2. The summed E-state index contributed by atoms with van der Waals surface area (Å²) >= 11 is 3.27. The predicted octanol–water partition coefficient (Wildman–Crippen LogP) is 2.30. The molecule has 5 amide bonds. The number of carbonyl (C=O) groups is 4. The van der Waals surface area contributed by atoms with Crippen molar-refractivity contribution in [2.45, 2.75) is 32.2 Å². The lowest BCUT2D eigenvalue weighted by Crippen LogP contribution is -2.53. The first-order chi connectivity index (χ1) is 12.2. The van der Waals surface area contributed by atoms with Gasteiger partial charge in [-0.3, -0.25) is 9.59 Å². The van der Waals surface area contributed by atoms with Crippen molar-refractivity contribution in [3.63, 3.8) is 0 Å². The Bertz CT molecular complexity index is 737. The topological polar surface area (TPSA) is 128 Å². The molecule has 0 aromatic heterocycles. The number of hydrogen-bond acceptors (Lipinski definition) is 4. The van der Waals surface area contributed by atoms with Crippen LogP contribution in [-0.2, 0) is 9.59 Å². The van der Waals surface area contributed by atoms with Crippen LogP contribution in [0, 0.1) is 5.92 Å². The Morgan fingerprint density at radius 2 is 1.88 bits per heavy atom. The van der Waals surface area contributed by atoms with Gasteiger partial charge in [0.25, 0.3) is 5.91 Å². The van der Waals surface area contributed by atoms with Gasteiger partial charge in [-0.2, -0.15) is 5.01 Å². The molecule has 0 radical (unpaired) electrons. The molecule has 1 heterocycles. The summed E-state index contributed by atoms with van der Waals surface area (Å²) in [5.41, 5.74) is 1.30. The van der Waals surface area contributed by atoms with Crippen LogP contribution in [0.4, 0.5) is 15.3 Å². The number of aliphatic carboxylic acids is 1. The van der Waals surface area contributed by atoms with Crippen LogP contribution in [0.2, 0.25) is 0 Å². The van der Waals surface area contributed by atoms with Crippen LogP contribution in [0.25, 0.3) is 0 Å². The molecule has 26 heavy (non-hydrogen) atoms. The lowest BCUT2D eigenvalue weighted by atomic mass is 9.82. The van der Waals surface area contributed by atoms with E-state index < -0.39 is 29.5 Å². The van der Waals surface area contributed by atoms with E-state index in [0.29, 0.717) is 10.7 Å². The molecule has 1 aromatic rings. The molecule has 1 atom stereocenters. The fourth-order valence-electron chi connectivity index (χ4n) is 2.64. The molecule has 2 rings (SSSR count). The second-order valence-electron chi connectivity index (χ2n) is 6.16. The van der Waals surface area contributed by atoms with E-state index in [9.17, 15) is 19.2 Å². The number of carboxylic acids is 1. The van der Waals surface area contributed by atoms with Crippen LogP contribution in [0.5, 0.6) is 0 Å². The highest BCUT2D eigenvalue weighted by atomic mass is 79.9. The van der Waals surface area contributed by atoms with E-state index in [1.165, 1.54) is 0 Å². The number of benzene rings is 1. The highest BCUT2D eigenvalue weighted by molar-refractivity contribution is 9.10. The van der Waals surface area contributed by atoms with Gasteiger partial charge in [0.15, 0.2) is 0 Å². The maximum atomic E-state index is 12.7. The smallest absolute Gasteiger partial charge is 0.344 e. The van der Waals surface area contributed by atoms with Gasteiger partial charge in [0.05, 0.1) is 0 Å². The zero-order valence-corrected chi connectivity index (χ0v) is 15.8. The van der Waals surface area contributed by atoms with Gasteiger partial charge in [0.2, 0.25) is 0 Å². The molecule has 1 fully saturated rings. The first-order valence-electron chi connectivity index (χ1n) is 7.87. The zero-order valence-electron chi connectivity index (χ0n) is 14.2. The average Bonchev–Trinajstić information content (AvgIpc) is 2.80. The Morgan fingerprint density at radius 1 is 1.27 bits per heavy atom. The number of nitrogens with zero attached hydrogens (tertiary/aromatic N) is 1. The summed E-state index contributed by atoms with van der Waals surface area (Å²) in [4.78, 5) is 47.9. The van der Waals surface area contributed by atoms with Crippen molar-refractivity contribution in [3.05, 3.63) is 28.7 Å². The number of rotatable bonds is 6. The zero-order chi connectivity index (χ0) is 19.5. The molecule has 140 valence electrons. The van der Waals surface area contributed by atoms with Crippen LogP contribution in [0.1, 0.15) is 26.7 Å². The standard InChI is InChI=1S/C16H19BrN4O5/c1-9(2)16(8-7-12(22)23)13(24)21(15(26)19-16)20-14(25)18-11-5-3-10(17)4-6-11/h3-6,9H,7-8H2,1-2H3,(H,19,26)(H,22,23)(H2,18,20,25). The van der Waals surface area contributed by atoms with E-state index in [1.54, 1.807) is 38.1 Å². The Balaban J connectivity index is 2.10. The molecule has 0 saturated carbocycles. The third-order valence-corrected chi connectivity index (χ3v) is 4.68. The van der Waals surface area contributed by atoms with Gasteiger partial charge in [0, 0.05) is 16.6 Å². The normalized spacial score (nSPS) is 19.5. The fraction of sp³-hybridized carbons (Fsp3) is 0.375. The van der Waals surface area contributed by atoms with Crippen LogP contribution in [0.15, 0.2) is 28.7 Å². The van der Waals surface area contributed by atoms with Crippen molar-refractivity contribution in [1.29, 1.82) is 0 Å². The molecule has 0 bridgehead atoms. The number of carboxylic acid groups (broad SMARTS) is 1. The van der Waals surface area contributed by atoms with E-state index in [-0.39, 0.29) is 18.8 Å². The molecule has 1 saturated heterocycles. The van der Waals surface area contributed by atoms with Crippen molar-refractivity contribution >= 4 is 45.6 Å². The summed E-state index contributed by atoms with van der Waals surface area (Å²) in [5.74, 6) is -2.13. The molecule has 4 N–H and O–H groups in total. The monoisotopic (exact) mass is 426 g/mol. The van der Waals surface area contributed by atoms with Crippen molar-refractivity contribution in [3.8, 4) is 0 Å². The summed E-state index contributed by atoms with van der Waals surface area (Å²) in [6, 6.07) is 5.15. The van der Waals surface area contributed by atoms with Gasteiger partial charge in [-0.1, -0.05) is 29.8 Å². The summed E-state index contributed by atoms with van der Waals surface area (Å²) in [6.07, 6.45) is -0.361. The van der Waals surface area contributed by atoms with Crippen molar-refractivity contribution in [2.75, 3.05) is 5.32 Å². The number of halogens is 1. The molecular weight excluding hydrogens is 408 g/mol. The van der Waals surface area contributed by atoms with Crippen molar-refractivity contribution in [2.24, 2.45) is 5.92 Å². The van der Waals surface area contributed by atoms with Crippen LogP contribution in [0.3, 0.4) is 0 Å². The van der Waals surface area contributed by atoms with Crippen LogP contribution >= 0.6 is 15.9 Å². The minimum absolute atomic E-state index is 0.0723. The van der Waals surface area contributed by atoms with E-state index in [2.05, 4.69) is 32.0 Å². The second kappa shape index (κ2) is 7.73. The molecule has 1 aromatic carbocycles. The second-order valence-corrected chi connectivity index (χ2v) is 7.08. The summed E-state index contributed by atoms with van der Waals surface area (Å²) in [5, 5.41) is 14.5. The number of hydrazine groups is 1. The van der Waals surface area contributed by atoms with Gasteiger partial charge in [-0.25, -0.2) is 15.0 Å². The lowest BCUT2D eigenvalue weighted by Gasteiger charge is -2.30. The van der Waals surface area contributed by atoms with Crippen molar-refractivity contribution < 1.29 is 24.3 Å². The summed E-state index contributed by atoms with van der Waals surface area (Å²) < 4.78 is 0.831. The Kier molecular flexibility index (Phi) is 5.86. The van der Waals surface area contributed by atoms with E-state index in [1.807, 2.05) is 0 Å². The fourth-order valence-corrected chi connectivity index (χ4v) is 2.91. The average molecular weight is 427 g/mol. The van der Waals surface area contributed by atoms with Gasteiger partial charge in [-0.15, -0.1) is 0 Å².